The van der Waals surface area contributed by atoms with Crippen LogP contribution >= 0.6 is 0 Å². The number of sulfone groups is 1. The Bertz CT molecular complexity index is 570. The second kappa shape index (κ2) is 7.22. The topological polar surface area (TPSA) is 55.4 Å². The van der Waals surface area contributed by atoms with Crippen molar-refractivity contribution < 1.29 is 17.5 Å². The van der Waals surface area contributed by atoms with Crippen molar-refractivity contribution in [2.24, 2.45) is 0 Å². The lowest BCUT2D eigenvalue weighted by Gasteiger charge is -2.12. The summed E-state index contributed by atoms with van der Waals surface area (Å²) in [6.45, 7) is 2.48. The van der Waals surface area contributed by atoms with E-state index in [1.165, 1.54) is 12.1 Å². The third-order valence-electron chi connectivity index (χ3n) is 3.35. The lowest BCUT2D eigenvalue weighted by molar-refractivity contribution is 0.335. The second-order valence-corrected chi connectivity index (χ2v) is 7.71. The van der Waals surface area contributed by atoms with Gasteiger partial charge in [-0.15, -0.1) is 0 Å². The molecule has 0 aromatic heterocycles. The summed E-state index contributed by atoms with van der Waals surface area (Å²) in [5.41, 5.74) is 0.731. The van der Waals surface area contributed by atoms with Crippen molar-refractivity contribution in [3.63, 3.8) is 0 Å². The highest BCUT2D eigenvalue weighted by atomic mass is 32.2. The van der Waals surface area contributed by atoms with Crippen molar-refractivity contribution >= 4 is 9.84 Å². The molecule has 0 spiro atoms. The fourth-order valence-corrected chi connectivity index (χ4v) is 3.22. The molecule has 1 saturated carbocycles. The third kappa shape index (κ3) is 5.63. The van der Waals surface area contributed by atoms with Gasteiger partial charge in [-0.25, -0.2) is 12.8 Å². The second-order valence-electron chi connectivity index (χ2n) is 5.41. The molecule has 1 aromatic carbocycles. The maximum absolute atomic E-state index is 13.3. The van der Waals surface area contributed by atoms with Crippen LogP contribution in [0.4, 0.5) is 4.39 Å². The summed E-state index contributed by atoms with van der Waals surface area (Å²) in [6, 6.07) is 4.85. The summed E-state index contributed by atoms with van der Waals surface area (Å²) < 4.78 is 42.1. The zero-order valence-corrected chi connectivity index (χ0v) is 13.1. The summed E-state index contributed by atoms with van der Waals surface area (Å²) in [5.74, 6) is 0.411. The Morgan fingerprint density at radius 2 is 2.10 bits per heavy atom. The highest BCUT2D eigenvalue weighted by Gasteiger charge is 2.21. The zero-order chi connectivity index (χ0) is 15.3. The van der Waals surface area contributed by atoms with Crippen LogP contribution in [0.25, 0.3) is 0 Å². The van der Waals surface area contributed by atoms with Crippen LogP contribution in [0.2, 0.25) is 0 Å². The van der Waals surface area contributed by atoms with Gasteiger partial charge in [0.2, 0.25) is 0 Å². The molecule has 2 rings (SSSR count). The van der Waals surface area contributed by atoms with Gasteiger partial charge in [-0.05, 0) is 37.5 Å². The van der Waals surface area contributed by atoms with Gasteiger partial charge in [0, 0.05) is 18.2 Å². The molecular weight excluding hydrogens is 293 g/mol. The number of nitrogens with one attached hydrogen (secondary N) is 1. The van der Waals surface area contributed by atoms with Crippen LogP contribution in [0.15, 0.2) is 18.2 Å². The van der Waals surface area contributed by atoms with Gasteiger partial charge in [0.15, 0.2) is 9.84 Å². The first kappa shape index (κ1) is 16.2. The molecular formula is C15H22FNO3S. The number of benzene rings is 1. The van der Waals surface area contributed by atoms with Crippen molar-refractivity contribution in [3.05, 3.63) is 29.6 Å². The standard InChI is InChI=1S/C15H22FNO3S/c1-2-8-21(18,19)9-7-20-15-6-3-13(16)10-12(15)11-17-14-4-5-14/h3,6,10,14,17H,2,4-5,7-9,11H2,1H3. The van der Waals surface area contributed by atoms with Gasteiger partial charge in [0.25, 0.3) is 0 Å². The molecule has 0 radical (unpaired) electrons. The van der Waals surface area contributed by atoms with E-state index in [9.17, 15) is 12.8 Å². The van der Waals surface area contributed by atoms with Crippen LogP contribution in [0.3, 0.4) is 0 Å². The molecule has 0 unspecified atom stereocenters. The molecule has 1 aliphatic rings. The number of hydrogen-bond acceptors (Lipinski definition) is 4. The van der Waals surface area contributed by atoms with Crippen molar-refractivity contribution in [1.29, 1.82) is 0 Å². The van der Waals surface area contributed by atoms with Crippen molar-refractivity contribution in [3.8, 4) is 5.75 Å². The number of hydrogen-bond donors (Lipinski definition) is 1. The molecule has 0 aliphatic heterocycles. The lowest BCUT2D eigenvalue weighted by Crippen LogP contribution is -2.19. The van der Waals surface area contributed by atoms with Crippen LogP contribution in [0.5, 0.6) is 5.75 Å². The molecule has 1 N–H and O–H groups in total. The molecule has 0 bridgehead atoms. The Morgan fingerprint density at radius 3 is 2.76 bits per heavy atom. The maximum atomic E-state index is 13.3. The van der Waals surface area contributed by atoms with Gasteiger partial charge in [-0.3, -0.25) is 0 Å². The molecule has 0 amide bonds. The Kier molecular flexibility index (Phi) is 5.58. The van der Waals surface area contributed by atoms with E-state index in [0.717, 1.165) is 18.4 Å². The Hall–Kier alpha value is -1.14. The first-order chi connectivity index (χ1) is 10.00. The van der Waals surface area contributed by atoms with E-state index in [0.29, 0.717) is 24.8 Å². The van der Waals surface area contributed by atoms with E-state index in [1.54, 1.807) is 6.07 Å². The average molecular weight is 315 g/mol. The summed E-state index contributed by atoms with van der Waals surface area (Å²) in [7, 11) is -3.05. The SMILES string of the molecule is CCCS(=O)(=O)CCOc1ccc(F)cc1CNC1CC1. The van der Waals surface area contributed by atoms with Crippen LogP contribution in [-0.4, -0.2) is 32.6 Å². The highest BCUT2D eigenvalue weighted by molar-refractivity contribution is 7.91. The van der Waals surface area contributed by atoms with Crippen LogP contribution in [0.1, 0.15) is 31.7 Å². The molecule has 0 saturated heterocycles. The Labute approximate surface area is 125 Å². The van der Waals surface area contributed by atoms with E-state index < -0.39 is 9.84 Å². The summed E-state index contributed by atoms with van der Waals surface area (Å²) in [5, 5.41) is 3.30. The van der Waals surface area contributed by atoms with Gasteiger partial charge in [-0.2, -0.15) is 0 Å². The molecule has 0 atom stereocenters. The minimum absolute atomic E-state index is 0.00624. The van der Waals surface area contributed by atoms with E-state index in [2.05, 4.69) is 5.32 Å². The normalized spacial score (nSPS) is 15.1. The minimum atomic E-state index is -3.05. The van der Waals surface area contributed by atoms with Gasteiger partial charge < -0.3 is 10.1 Å². The molecule has 4 nitrogen and oxygen atoms in total. The Balaban J connectivity index is 1.91. The highest BCUT2D eigenvalue weighted by Crippen LogP contribution is 2.23. The van der Waals surface area contributed by atoms with Gasteiger partial charge in [0.05, 0.1) is 11.5 Å². The number of rotatable bonds is 9. The van der Waals surface area contributed by atoms with Crippen molar-refractivity contribution in [2.75, 3.05) is 18.1 Å². The average Bonchev–Trinajstić information content (AvgIpc) is 3.22. The molecule has 21 heavy (non-hydrogen) atoms. The molecule has 118 valence electrons. The van der Waals surface area contributed by atoms with Crippen molar-refractivity contribution in [1.82, 2.24) is 5.32 Å². The molecule has 1 fully saturated rings. The van der Waals surface area contributed by atoms with Gasteiger partial charge in [0.1, 0.15) is 18.2 Å². The van der Waals surface area contributed by atoms with Crippen LogP contribution in [-0.2, 0) is 16.4 Å². The molecule has 0 heterocycles. The van der Waals surface area contributed by atoms with Crippen LogP contribution in [0, 0.1) is 5.82 Å². The Morgan fingerprint density at radius 1 is 1.33 bits per heavy atom. The van der Waals surface area contributed by atoms with Crippen molar-refractivity contribution in [2.45, 2.75) is 38.8 Å². The smallest absolute Gasteiger partial charge is 0.153 e. The summed E-state index contributed by atoms with van der Waals surface area (Å²) in [6.07, 6.45) is 2.91. The van der Waals surface area contributed by atoms with E-state index >= 15 is 0 Å². The monoisotopic (exact) mass is 315 g/mol. The van der Waals surface area contributed by atoms with E-state index in [4.69, 9.17) is 4.74 Å². The lowest BCUT2D eigenvalue weighted by atomic mass is 10.2. The first-order valence-corrected chi connectivity index (χ1v) is 9.17. The predicted molar refractivity (Wildman–Crippen MR) is 80.7 cm³/mol. The number of ether oxygens (including phenoxy) is 1. The fourth-order valence-electron chi connectivity index (χ4n) is 2.06. The van der Waals surface area contributed by atoms with E-state index in [1.807, 2.05) is 6.92 Å². The van der Waals surface area contributed by atoms with Gasteiger partial charge in [-0.1, -0.05) is 6.92 Å². The fraction of sp³-hybridized carbons (Fsp3) is 0.600. The number of halogens is 1. The largest absolute Gasteiger partial charge is 0.492 e. The molecule has 1 aliphatic carbocycles. The molecule has 6 heteroatoms. The minimum Gasteiger partial charge on any atom is -0.492 e. The van der Waals surface area contributed by atoms with Gasteiger partial charge >= 0.3 is 0 Å². The van der Waals surface area contributed by atoms with Crippen LogP contribution < -0.4 is 10.1 Å². The predicted octanol–water partition coefficient (Wildman–Crippen LogP) is 2.28. The molecule has 1 aromatic rings. The quantitative estimate of drug-likeness (QED) is 0.759. The summed E-state index contributed by atoms with van der Waals surface area (Å²) in [4.78, 5) is 0. The third-order valence-corrected chi connectivity index (χ3v) is 5.17. The zero-order valence-electron chi connectivity index (χ0n) is 12.3. The maximum Gasteiger partial charge on any atom is 0.153 e. The van der Waals surface area contributed by atoms with E-state index in [-0.39, 0.29) is 23.9 Å². The first-order valence-electron chi connectivity index (χ1n) is 7.35. The summed E-state index contributed by atoms with van der Waals surface area (Å²) >= 11 is 0.